The minimum absolute atomic E-state index is 0.0111. The minimum atomic E-state index is -1.48. The number of rotatable bonds is 29. The molecule has 82 heavy (non-hydrogen) atoms. The lowest BCUT2D eigenvalue weighted by molar-refractivity contribution is -0.159. The molecule has 5 rings (SSSR count). The molecule has 5 aliphatic rings. The van der Waals surface area contributed by atoms with Crippen LogP contribution in [0.1, 0.15) is 140 Å². The number of likely N-dealkylation sites (N-methyl/N-ethyl adjacent to an activating group) is 7. The van der Waals surface area contributed by atoms with E-state index in [4.69, 9.17) is 5.73 Å². The summed E-state index contributed by atoms with van der Waals surface area (Å²) >= 11 is 0. The number of primary amides is 1. The van der Waals surface area contributed by atoms with Gasteiger partial charge >= 0.3 is 0 Å². The first kappa shape index (κ1) is 66.7. The van der Waals surface area contributed by atoms with Crippen LogP contribution in [0.3, 0.4) is 0 Å². The first-order valence-corrected chi connectivity index (χ1v) is 29.7. The maximum atomic E-state index is 15.0. The molecule has 5 fully saturated rings. The number of hydrogen-bond donors (Lipinski definition) is 4. The fourth-order valence-electron chi connectivity index (χ4n) is 13.4. The molecule has 0 radical (unpaired) electrons. The number of hydrogen-bond acceptors (Lipinski definition) is 11. The molecule has 0 heterocycles. The van der Waals surface area contributed by atoms with E-state index in [1.54, 1.807) is 21.0 Å². The summed E-state index contributed by atoms with van der Waals surface area (Å²) in [5.74, 6) is -6.73. The first-order valence-electron chi connectivity index (χ1n) is 29.7. The molecule has 5 N–H and O–H groups in total. The Hall–Kier alpha value is -6.09. The van der Waals surface area contributed by atoms with Gasteiger partial charge in [-0.25, -0.2) is 0 Å². The number of carbonyl (C=O) groups excluding carboxylic acids is 11. The number of carbonyl (C=O) groups is 11. The summed E-state index contributed by atoms with van der Waals surface area (Å²) < 4.78 is 0. The summed E-state index contributed by atoms with van der Waals surface area (Å²) in [6.45, 7) is 16.9. The van der Waals surface area contributed by atoms with E-state index in [1.807, 2.05) is 74.5 Å². The van der Waals surface area contributed by atoms with Crippen molar-refractivity contribution in [3.05, 3.63) is 12.2 Å². The number of nitrogens with zero attached hydrogens (tertiary/aromatic N) is 7. The Bertz CT molecular complexity index is 2500. The summed E-state index contributed by atoms with van der Waals surface area (Å²) in [4.78, 5) is 162. The van der Waals surface area contributed by atoms with E-state index in [0.717, 1.165) is 43.4 Å². The van der Waals surface area contributed by atoms with Crippen LogP contribution in [0, 0.1) is 52.8 Å². The Morgan fingerprint density at radius 2 is 1.18 bits per heavy atom. The molecule has 0 spiro atoms. The van der Waals surface area contributed by atoms with Gasteiger partial charge < -0.3 is 56.0 Å². The van der Waals surface area contributed by atoms with Crippen molar-refractivity contribution >= 4 is 65.0 Å². The van der Waals surface area contributed by atoms with Crippen LogP contribution in [0.15, 0.2) is 12.2 Å². The lowest BCUT2D eigenvalue weighted by Gasteiger charge is -2.44. The molecule has 22 nitrogen and oxygen atoms in total. The Labute approximate surface area is 487 Å². The standard InChI is InChI=1S/C60H99N11O11/c1-18-19-24-57(25-26-57)30-44(51(78)63-31-46(73)65(11)35-49(76)70(16)58(28-42(58)37(4)5)52(79)64-60(39(8)40(60)9)55(82)66(12)33-45(61)72)68(14)48(75)34-67(13)53(80)56(10,27-36(2)3)71(17)54(81)59(29-43(59)38(6)7)69(15)47(74)32-62-50(77)41-22-20-21-23-41/h18-19,36-44H,20-35H2,1-17H3,(H2,61,72)(H,62,77)(H,63,78)(H,64,79)/b19-18+/t39?,40?,42-,43-,44?,56?,58-,59-,60?/m1/s1. The molecular formula is C60H99N11O11. The molecule has 0 aromatic rings. The van der Waals surface area contributed by atoms with Gasteiger partial charge in [0.25, 0.3) is 0 Å². The third-order valence-electron chi connectivity index (χ3n) is 19.7. The van der Waals surface area contributed by atoms with Crippen LogP contribution >= 0.6 is 0 Å². The molecule has 0 aromatic carbocycles. The van der Waals surface area contributed by atoms with Crippen LogP contribution in [-0.4, -0.2) is 210 Å². The van der Waals surface area contributed by atoms with Gasteiger partial charge in [-0.05, 0) is 118 Å². The molecule has 0 bridgehead atoms. The number of amides is 11. The summed E-state index contributed by atoms with van der Waals surface area (Å²) in [5, 5.41) is 8.50. The third kappa shape index (κ3) is 13.6. The Balaban J connectivity index is 1.27. The van der Waals surface area contributed by atoms with Crippen molar-refractivity contribution in [2.45, 2.75) is 168 Å². The molecule has 0 aromatic heterocycles. The highest BCUT2D eigenvalue weighted by Crippen LogP contribution is 2.57. The molecule has 11 amide bonds. The van der Waals surface area contributed by atoms with Gasteiger partial charge in [0.15, 0.2) is 0 Å². The highest BCUT2D eigenvalue weighted by Gasteiger charge is 2.72. The largest absolute Gasteiger partial charge is 0.368 e. The van der Waals surface area contributed by atoms with E-state index in [1.165, 1.54) is 64.6 Å². The molecule has 0 saturated heterocycles. The van der Waals surface area contributed by atoms with Crippen LogP contribution < -0.4 is 21.7 Å². The summed E-state index contributed by atoms with van der Waals surface area (Å²) in [6.07, 6.45) is 10.9. The van der Waals surface area contributed by atoms with Crippen molar-refractivity contribution in [3.63, 3.8) is 0 Å². The van der Waals surface area contributed by atoms with Crippen LogP contribution in [0.25, 0.3) is 0 Å². The van der Waals surface area contributed by atoms with Crippen LogP contribution in [-0.2, 0) is 52.7 Å². The molecule has 5 saturated carbocycles. The zero-order valence-electron chi connectivity index (χ0n) is 52.4. The first-order chi connectivity index (χ1) is 38.1. The minimum Gasteiger partial charge on any atom is -0.368 e. The van der Waals surface area contributed by atoms with E-state index >= 15 is 4.79 Å². The quantitative estimate of drug-likeness (QED) is 0.0790. The number of nitrogens with one attached hydrogen (secondary N) is 3. The fraction of sp³-hybridized carbons (Fsp3) is 0.783. The maximum Gasteiger partial charge on any atom is 0.249 e. The van der Waals surface area contributed by atoms with Gasteiger partial charge in [-0.1, -0.05) is 80.4 Å². The second kappa shape index (κ2) is 25.8. The van der Waals surface area contributed by atoms with E-state index in [2.05, 4.69) is 16.0 Å². The van der Waals surface area contributed by atoms with E-state index in [0.29, 0.717) is 19.3 Å². The second-order valence-corrected chi connectivity index (χ2v) is 26.5. The SMILES string of the molecule is C/C=C/CC1(CC(C(=O)NCC(=O)N(C)CC(=O)N(C)[C@]2(C(=O)NC3(C(=O)N(C)CC(N)=O)C(C)C3C)C[C@@H]2C(C)C)N(C)C(=O)CN(C)C(=O)C(C)(CC(C)C)N(C)C(=O)[C@@]2(N(C)C(=O)CNC(=O)C3CCCC3)C[C@@H]2C(C)C)CC1. The lowest BCUT2D eigenvalue weighted by Crippen LogP contribution is -2.64. The van der Waals surface area contributed by atoms with Gasteiger partial charge in [-0.3, -0.25) is 52.7 Å². The molecule has 460 valence electrons. The number of allylic oxidation sites excluding steroid dienone is 2. The van der Waals surface area contributed by atoms with Crippen molar-refractivity contribution in [1.82, 2.24) is 50.2 Å². The van der Waals surface area contributed by atoms with Crippen molar-refractivity contribution < 1.29 is 52.7 Å². The van der Waals surface area contributed by atoms with Gasteiger partial charge in [0, 0.05) is 55.3 Å². The van der Waals surface area contributed by atoms with Gasteiger partial charge in [-0.15, -0.1) is 0 Å². The molecular weight excluding hydrogens is 1050 g/mol. The van der Waals surface area contributed by atoms with Crippen molar-refractivity contribution in [2.75, 3.05) is 82.1 Å². The summed E-state index contributed by atoms with van der Waals surface area (Å²) in [6, 6.07) is -1.07. The smallest absolute Gasteiger partial charge is 0.249 e. The Kier molecular flexibility index (Phi) is 21.0. The van der Waals surface area contributed by atoms with Crippen LogP contribution in [0.5, 0.6) is 0 Å². The normalized spacial score (nSPS) is 26.0. The highest BCUT2D eigenvalue weighted by molar-refractivity contribution is 6.03. The van der Waals surface area contributed by atoms with Crippen LogP contribution in [0.4, 0.5) is 0 Å². The number of nitrogens with two attached hydrogens (primary N) is 1. The average molecular weight is 1150 g/mol. The van der Waals surface area contributed by atoms with Crippen molar-refractivity contribution in [1.29, 1.82) is 0 Å². The van der Waals surface area contributed by atoms with E-state index in [-0.39, 0.29) is 84.6 Å². The van der Waals surface area contributed by atoms with Crippen LogP contribution in [0.2, 0.25) is 0 Å². The zero-order chi connectivity index (χ0) is 61.9. The fourth-order valence-corrected chi connectivity index (χ4v) is 13.4. The van der Waals surface area contributed by atoms with Gasteiger partial charge in [0.1, 0.15) is 28.2 Å². The molecule has 0 aliphatic heterocycles. The third-order valence-corrected chi connectivity index (χ3v) is 19.7. The Morgan fingerprint density at radius 1 is 0.659 bits per heavy atom. The second-order valence-electron chi connectivity index (χ2n) is 26.5. The molecule has 4 unspecified atom stereocenters. The molecule has 8 atom stereocenters. The van der Waals surface area contributed by atoms with Crippen molar-refractivity contribution in [3.8, 4) is 0 Å². The zero-order valence-corrected chi connectivity index (χ0v) is 52.4. The monoisotopic (exact) mass is 1150 g/mol. The lowest BCUT2D eigenvalue weighted by atomic mass is 9.86. The van der Waals surface area contributed by atoms with E-state index in [9.17, 15) is 47.9 Å². The summed E-state index contributed by atoms with van der Waals surface area (Å²) in [7, 11) is 10.5. The van der Waals surface area contributed by atoms with Gasteiger partial charge in [-0.2, -0.15) is 0 Å². The van der Waals surface area contributed by atoms with Crippen molar-refractivity contribution in [2.24, 2.45) is 58.5 Å². The summed E-state index contributed by atoms with van der Waals surface area (Å²) in [5.41, 5.74) is -0.264. The highest BCUT2D eigenvalue weighted by atomic mass is 16.2. The van der Waals surface area contributed by atoms with E-state index < -0.39 is 107 Å². The average Bonchev–Trinajstić information content (AvgIpc) is 3.45. The molecule has 5 aliphatic carbocycles. The Morgan fingerprint density at radius 3 is 1.67 bits per heavy atom. The molecule has 22 heteroatoms. The predicted molar refractivity (Wildman–Crippen MR) is 309 cm³/mol. The predicted octanol–water partition coefficient (Wildman–Crippen LogP) is 2.38. The maximum absolute atomic E-state index is 15.0. The topological polar surface area (TPSA) is 273 Å². The van der Waals surface area contributed by atoms with Gasteiger partial charge in [0.2, 0.25) is 65.0 Å². The van der Waals surface area contributed by atoms with Gasteiger partial charge in [0.05, 0.1) is 32.7 Å².